The summed E-state index contributed by atoms with van der Waals surface area (Å²) >= 11 is 1.61. The molecular formula is C29H36N8O3S. The van der Waals surface area contributed by atoms with Gasteiger partial charge in [-0.2, -0.15) is 5.10 Å². The first-order chi connectivity index (χ1) is 19.9. The number of hydrogen-bond donors (Lipinski definition) is 3. The summed E-state index contributed by atoms with van der Waals surface area (Å²) in [5.41, 5.74) is 3.15. The highest BCUT2D eigenvalue weighted by molar-refractivity contribution is 7.13. The molecule has 41 heavy (non-hydrogen) atoms. The molecular weight excluding hydrogens is 540 g/mol. The third-order valence-corrected chi connectivity index (χ3v) is 8.41. The van der Waals surface area contributed by atoms with Gasteiger partial charge in [-0.15, -0.1) is 11.3 Å². The van der Waals surface area contributed by atoms with Crippen LogP contribution in [0.4, 0.5) is 5.82 Å². The molecule has 12 heteroatoms. The quantitative estimate of drug-likeness (QED) is 0.235. The van der Waals surface area contributed by atoms with E-state index in [4.69, 9.17) is 15.1 Å². The molecule has 11 nitrogen and oxygen atoms in total. The van der Waals surface area contributed by atoms with Crippen LogP contribution in [0, 0.1) is 0 Å². The molecule has 0 saturated carbocycles. The molecule has 3 N–H and O–H groups in total. The molecule has 0 radical (unpaired) electrons. The van der Waals surface area contributed by atoms with E-state index in [-0.39, 0.29) is 31.0 Å². The van der Waals surface area contributed by atoms with Crippen LogP contribution in [0.2, 0.25) is 0 Å². The standard InChI is InChI=1S/C29H36N8O3S/c1-4-35(5-2)19(3)17-31-28(39)20-15-23(33-26(16-20)36-11-9-24(36)29(40)30-10-13-38)21-18-32-37-12-8-22(34-27(21)37)25-7-6-14-41-25/h6-8,12,14-16,18-19,24,38H,4-5,9-11,13,17H2,1-3H3,(H,30,40)(H,31,39). The summed E-state index contributed by atoms with van der Waals surface area (Å²) in [5.74, 6) is 0.155. The Balaban J connectivity index is 1.51. The van der Waals surface area contributed by atoms with Gasteiger partial charge in [-0.25, -0.2) is 14.5 Å². The molecule has 2 unspecified atom stereocenters. The number of aromatic nitrogens is 4. The van der Waals surface area contributed by atoms with Crippen LogP contribution < -0.4 is 15.5 Å². The van der Waals surface area contributed by atoms with Gasteiger partial charge in [0.15, 0.2) is 5.65 Å². The first kappa shape index (κ1) is 28.7. The molecule has 0 spiro atoms. The van der Waals surface area contributed by atoms with Crippen molar-refractivity contribution in [1.82, 2.24) is 35.1 Å². The number of nitrogens with one attached hydrogen (secondary N) is 2. The SMILES string of the molecule is CCN(CC)C(C)CNC(=O)c1cc(-c2cnn3ccc(-c4cccs4)nc23)nc(N2CCC2C(=O)NCCO)c1. The zero-order valence-corrected chi connectivity index (χ0v) is 24.4. The number of carbonyl (C=O) groups is 2. The summed E-state index contributed by atoms with van der Waals surface area (Å²) in [6.45, 7) is 9.32. The molecule has 0 aromatic carbocycles. The second-order valence-corrected chi connectivity index (χ2v) is 11.0. The summed E-state index contributed by atoms with van der Waals surface area (Å²) in [5, 5.41) is 21.5. The Morgan fingerprint density at radius 3 is 2.68 bits per heavy atom. The van der Waals surface area contributed by atoms with E-state index in [0.717, 1.165) is 23.7 Å². The molecule has 2 atom stereocenters. The summed E-state index contributed by atoms with van der Waals surface area (Å²) in [6, 6.07) is 9.19. The molecule has 5 rings (SSSR count). The van der Waals surface area contributed by atoms with Gasteiger partial charge < -0.3 is 20.6 Å². The van der Waals surface area contributed by atoms with Gasteiger partial charge >= 0.3 is 0 Å². The summed E-state index contributed by atoms with van der Waals surface area (Å²) in [7, 11) is 0. The number of anilines is 1. The monoisotopic (exact) mass is 576 g/mol. The van der Waals surface area contributed by atoms with Gasteiger partial charge in [0.1, 0.15) is 11.9 Å². The first-order valence-electron chi connectivity index (χ1n) is 14.0. The summed E-state index contributed by atoms with van der Waals surface area (Å²) in [6.07, 6.45) is 4.23. The number of pyridine rings is 1. The van der Waals surface area contributed by atoms with E-state index in [1.807, 2.05) is 34.7 Å². The number of rotatable bonds is 12. The number of thiophene rings is 1. The fourth-order valence-corrected chi connectivity index (χ4v) is 5.79. The predicted molar refractivity (Wildman–Crippen MR) is 160 cm³/mol. The molecule has 1 aliphatic rings. The highest BCUT2D eigenvalue weighted by atomic mass is 32.1. The van der Waals surface area contributed by atoms with Crippen molar-refractivity contribution in [3.05, 3.63) is 53.7 Å². The van der Waals surface area contributed by atoms with Crippen LogP contribution in [0.3, 0.4) is 0 Å². The fourth-order valence-electron chi connectivity index (χ4n) is 5.09. The van der Waals surface area contributed by atoms with Crippen LogP contribution in [0.25, 0.3) is 27.5 Å². The van der Waals surface area contributed by atoms with Gasteiger partial charge in [0, 0.05) is 37.4 Å². The molecule has 5 heterocycles. The Hall–Kier alpha value is -3.87. The first-order valence-corrected chi connectivity index (χ1v) is 14.9. The van der Waals surface area contributed by atoms with Crippen LogP contribution in [0.5, 0.6) is 0 Å². The van der Waals surface area contributed by atoms with Gasteiger partial charge in [0.05, 0.1) is 34.6 Å². The Bertz CT molecular complexity index is 1500. The van der Waals surface area contributed by atoms with Crippen LogP contribution >= 0.6 is 11.3 Å². The number of nitrogens with zero attached hydrogens (tertiary/aromatic N) is 6. The third-order valence-electron chi connectivity index (χ3n) is 7.51. The van der Waals surface area contributed by atoms with Gasteiger partial charge in [-0.05, 0) is 56.1 Å². The largest absolute Gasteiger partial charge is 0.395 e. The number of aliphatic hydroxyl groups excluding tert-OH is 1. The predicted octanol–water partition coefficient (Wildman–Crippen LogP) is 2.67. The average molecular weight is 577 g/mol. The number of hydrogen-bond acceptors (Lipinski definition) is 9. The van der Waals surface area contributed by atoms with Crippen LogP contribution in [-0.4, -0.2) is 92.8 Å². The van der Waals surface area contributed by atoms with Crippen molar-refractivity contribution >= 4 is 34.6 Å². The van der Waals surface area contributed by atoms with Crippen LogP contribution in [-0.2, 0) is 4.79 Å². The van der Waals surface area contributed by atoms with Crippen molar-refractivity contribution in [2.75, 3.05) is 44.2 Å². The van der Waals surface area contributed by atoms with Gasteiger partial charge in [0.2, 0.25) is 5.91 Å². The lowest BCUT2D eigenvalue weighted by atomic mass is 10.0. The maximum absolute atomic E-state index is 13.5. The molecule has 1 aliphatic heterocycles. The van der Waals surface area contributed by atoms with E-state index in [9.17, 15) is 9.59 Å². The Labute approximate surface area is 243 Å². The van der Waals surface area contributed by atoms with Gasteiger partial charge in [-0.1, -0.05) is 19.9 Å². The number of carbonyl (C=O) groups excluding carboxylic acids is 2. The van der Waals surface area contributed by atoms with Crippen molar-refractivity contribution in [3.8, 4) is 21.8 Å². The van der Waals surface area contributed by atoms with Crippen molar-refractivity contribution in [2.24, 2.45) is 0 Å². The van der Waals surface area contributed by atoms with Crippen molar-refractivity contribution in [2.45, 2.75) is 39.3 Å². The third kappa shape index (κ3) is 6.09. The van der Waals surface area contributed by atoms with Crippen molar-refractivity contribution in [3.63, 3.8) is 0 Å². The Morgan fingerprint density at radius 2 is 2.00 bits per heavy atom. The Kier molecular flexibility index (Phi) is 8.91. The smallest absolute Gasteiger partial charge is 0.251 e. The zero-order valence-electron chi connectivity index (χ0n) is 23.6. The van der Waals surface area contributed by atoms with E-state index in [1.165, 1.54) is 0 Å². The number of fused-ring (bicyclic) bond motifs is 1. The van der Waals surface area contributed by atoms with E-state index in [2.05, 4.69) is 41.4 Å². The zero-order chi connectivity index (χ0) is 28.9. The molecule has 4 aromatic heterocycles. The van der Waals surface area contributed by atoms with E-state index in [0.29, 0.717) is 47.8 Å². The lowest BCUT2D eigenvalue weighted by Gasteiger charge is -2.40. The van der Waals surface area contributed by atoms with E-state index >= 15 is 0 Å². The molecule has 2 amide bonds. The van der Waals surface area contributed by atoms with E-state index in [1.54, 1.807) is 34.2 Å². The average Bonchev–Trinajstić information content (AvgIpc) is 3.65. The van der Waals surface area contributed by atoms with E-state index < -0.39 is 6.04 Å². The van der Waals surface area contributed by atoms with Crippen LogP contribution in [0.15, 0.2) is 48.1 Å². The maximum Gasteiger partial charge on any atom is 0.251 e. The fraction of sp³-hybridized carbons (Fsp3) is 0.414. The second-order valence-electron chi connectivity index (χ2n) is 10.0. The summed E-state index contributed by atoms with van der Waals surface area (Å²) in [4.78, 5) is 41.2. The van der Waals surface area contributed by atoms with Crippen LogP contribution in [0.1, 0.15) is 37.6 Å². The lowest BCUT2D eigenvalue weighted by Crippen LogP contribution is -2.57. The van der Waals surface area contributed by atoms with Crippen molar-refractivity contribution in [1.29, 1.82) is 0 Å². The minimum atomic E-state index is -0.421. The molecule has 1 fully saturated rings. The molecule has 4 aromatic rings. The maximum atomic E-state index is 13.5. The van der Waals surface area contributed by atoms with Crippen molar-refractivity contribution < 1.29 is 14.7 Å². The number of aliphatic hydroxyl groups is 1. The highest BCUT2D eigenvalue weighted by Gasteiger charge is 2.35. The topological polar surface area (TPSA) is 128 Å². The molecule has 1 saturated heterocycles. The normalized spacial score (nSPS) is 15.6. The minimum absolute atomic E-state index is 0.127. The molecule has 0 aliphatic carbocycles. The minimum Gasteiger partial charge on any atom is -0.395 e. The summed E-state index contributed by atoms with van der Waals surface area (Å²) < 4.78 is 1.70. The molecule has 0 bridgehead atoms. The number of amides is 2. The lowest BCUT2D eigenvalue weighted by molar-refractivity contribution is -0.123. The molecule has 216 valence electrons. The number of likely N-dealkylation sites (N-methyl/N-ethyl adjacent to an activating group) is 1. The second kappa shape index (κ2) is 12.8. The highest BCUT2D eigenvalue weighted by Crippen LogP contribution is 2.31. The van der Waals surface area contributed by atoms with Gasteiger partial charge in [0.25, 0.3) is 5.91 Å². The Morgan fingerprint density at radius 1 is 1.17 bits per heavy atom. The van der Waals surface area contributed by atoms with Gasteiger partial charge in [-0.3, -0.25) is 14.5 Å².